The summed E-state index contributed by atoms with van der Waals surface area (Å²) in [6, 6.07) is 0.535. The van der Waals surface area contributed by atoms with E-state index < -0.39 is 0 Å². The number of amides is 1. The summed E-state index contributed by atoms with van der Waals surface area (Å²) in [6.45, 7) is 6.99. The van der Waals surface area contributed by atoms with Crippen molar-refractivity contribution in [3.8, 4) is 0 Å². The van der Waals surface area contributed by atoms with Crippen LogP contribution < -0.4 is 5.32 Å². The van der Waals surface area contributed by atoms with E-state index in [1.165, 1.54) is 12.8 Å². The highest BCUT2D eigenvalue weighted by Crippen LogP contribution is 2.18. The Kier molecular flexibility index (Phi) is 6.20. The summed E-state index contributed by atoms with van der Waals surface area (Å²) in [4.78, 5) is 18.6. The van der Waals surface area contributed by atoms with Gasteiger partial charge in [-0.25, -0.2) is 0 Å². The van der Waals surface area contributed by atoms with Gasteiger partial charge in [0.1, 0.15) is 0 Å². The molecule has 0 bridgehead atoms. The summed E-state index contributed by atoms with van der Waals surface area (Å²) in [7, 11) is 0. The maximum atomic E-state index is 12.0. The largest absolute Gasteiger partial charge is 0.362 e. The number of hydrogen-bond donors (Lipinski definition) is 1. The van der Waals surface area contributed by atoms with Gasteiger partial charge in [-0.2, -0.15) is 0 Å². The molecule has 5 heteroatoms. The van der Waals surface area contributed by atoms with E-state index in [1.54, 1.807) is 11.8 Å². The van der Waals surface area contributed by atoms with Crippen LogP contribution in [0.15, 0.2) is 4.99 Å². The molecule has 0 aromatic carbocycles. The maximum absolute atomic E-state index is 12.0. The second kappa shape index (κ2) is 7.91. The first kappa shape index (κ1) is 15.7. The smallest absolute Gasteiger partial charge is 0.224 e. The molecule has 1 amide bonds. The molecule has 114 valence electrons. The summed E-state index contributed by atoms with van der Waals surface area (Å²) < 4.78 is 0. The highest BCUT2D eigenvalue weighted by Gasteiger charge is 2.20. The molecular formula is C15H27N3OS. The molecule has 2 saturated heterocycles. The summed E-state index contributed by atoms with van der Waals surface area (Å²) in [5, 5.41) is 4.52. The van der Waals surface area contributed by atoms with Gasteiger partial charge in [-0.3, -0.25) is 9.79 Å². The summed E-state index contributed by atoms with van der Waals surface area (Å²) in [6.07, 6.45) is 5.34. The predicted molar refractivity (Wildman–Crippen MR) is 86.2 cm³/mol. The van der Waals surface area contributed by atoms with Gasteiger partial charge in [-0.05, 0) is 31.6 Å². The zero-order valence-electron chi connectivity index (χ0n) is 12.7. The van der Waals surface area contributed by atoms with Crippen LogP contribution in [0.1, 0.15) is 46.0 Å². The third-order valence-corrected chi connectivity index (χ3v) is 5.03. The number of hydrogen-bond acceptors (Lipinski definition) is 3. The molecule has 1 unspecified atom stereocenters. The van der Waals surface area contributed by atoms with Crippen molar-refractivity contribution in [2.24, 2.45) is 10.9 Å². The van der Waals surface area contributed by atoms with Crippen LogP contribution in [0, 0.1) is 5.92 Å². The molecule has 0 aromatic rings. The van der Waals surface area contributed by atoms with E-state index in [0.717, 1.165) is 36.9 Å². The Balaban J connectivity index is 1.73. The van der Waals surface area contributed by atoms with Gasteiger partial charge in [0.25, 0.3) is 0 Å². The number of piperidine rings is 1. The lowest BCUT2D eigenvalue weighted by molar-refractivity contribution is -0.131. The standard InChI is InChI=1S/C15H27N3OS/c1-12(2)13-7-11-20-15(17-13)16-8-6-14(19)18-9-4-3-5-10-18/h12-13H,3-11H2,1-2H3,(H,16,17). The number of amidine groups is 1. The highest BCUT2D eigenvalue weighted by atomic mass is 32.2. The minimum Gasteiger partial charge on any atom is -0.362 e. The van der Waals surface area contributed by atoms with Gasteiger partial charge in [-0.15, -0.1) is 0 Å². The van der Waals surface area contributed by atoms with Crippen molar-refractivity contribution < 1.29 is 4.79 Å². The Bertz CT molecular complexity index is 351. The molecule has 0 spiro atoms. The van der Waals surface area contributed by atoms with Gasteiger partial charge in [0, 0.05) is 31.3 Å². The highest BCUT2D eigenvalue weighted by molar-refractivity contribution is 8.13. The van der Waals surface area contributed by atoms with Crippen molar-refractivity contribution in [3.63, 3.8) is 0 Å². The average Bonchev–Trinajstić information content (AvgIpc) is 2.48. The van der Waals surface area contributed by atoms with E-state index in [0.29, 0.717) is 24.9 Å². The van der Waals surface area contributed by atoms with Crippen molar-refractivity contribution >= 4 is 22.8 Å². The summed E-state index contributed by atoms with van der Waals surface area (Å²) in [5.74, 6) is 2.04. The number of likely N-dealkylation sites (tertiary alicyclic amines) is 1. The van der Waals surface area contributed by atoms with Crippen LogP contribution in [-0.4, -0.2) is 47.4 Å². The molecule has 0 aliphatic carbocycles. The number of rotatable bonds is 4. The zero-order valence-corrected chi connectivity index (χ0v) is 13.5. The fourth-order valence-corrected chi connectivity index (χ4v) is 3.68. The van der Waals surface area contributed by atoms with Gasteiger partial charge in [0.15, 0.2) is 5.17 Å². The van der Waals surface area contributed by atoms with E-state index >= 15 is 0 Å². The molecule has 2 aliphatic rings. The van der Waals surface area contributed by atoms with Crippen LogP contribution in [0.4, 0.5) is 0 Å². The van der Waals surface area contributed by atoms with Crippen LogP contribution in [0.5, 0.6) is 0 Å². The first-order valence-electron chi connectivity index (χ1n) is 7.88. The number of carbonyl (C=O) groups excluding carboxylic acids is 1. The number of carbonyl (C=O) groups is 1. The molecule has 4 nitrogen and oxygen atoms in total. The van der Waals surface area contributed by atoms with Crippen molar-refractivity contribution in [1.29, 1.82) is 0 Å². The Labute approximate surface area is 126 Å². The summed E-state index contributed by atoms with van der Waals surface area (Å²) >= 11 is 1.79. The first-order valence-corrected chi connectivity index (χ1v) is 8.87. The molecule has 2 aliphatic heterocycles. The SMILES string of the molecule is CC(C)C1CCSC(=NCCC(=O)N2CCCCC2)N1. The molecular weight excluding hydrogens is 270 g/mol. The minimum absolute atomic E-state index is 0.273. The third-order valence-electron chi connectivity index (χ3n) is 4.07. The second-order valence-corrected chi connectivity index (χ2v) is 7.09. The Hall–Kier alpha value is -0.710. The fourth-order valence-electron chi connectivity index (χ4n) is 2.70. The van der Waals surface area contributed by atoms with Crippen LogP contribution in [0.25, 0.3) is 0 Å². The maximum Gasteiger partial charge on any atom is 0.224 e. The van der Waals surface area contributed by atoms with Crippen molar-refractivity contribution in [1.82, 2.24) is 10.2 Å². The molecule has 0 saturated carbocycles. The quantitative estimate of drug-likeness (QED) is 0.867. The van der Waals surface area contributed by atoms with Gasteiger partial charge in [0.05, 0.1) is 6.54 Å². The molecule has 2 rings (SSSR count). The van der Waals surface area contributed by atoms with Crippen LogP contribution in [0.2, 0.25) is 0 Å². The number of nitrogens with zero attached hydrogens (tertiary/aromatic N) is 2. The monoisotopic (exact) mass is 297 g/mol. The minimum atomic E-state index is 0.273. The van der Waals surface area contributed by atoms with Crippen molar-refractivity contribution in [3.05, 3.63) is 0 Å². The van der Waals surface area contributed by atoms with Crippen LogP contribution >= 0.6 is 11.8 Å². The predicted octanol–water partition coefficient (Wildman–Crippen LogP) is 2.50. The normalized spacial score (nSPS) is 25.9. The van der Waals surface area contributed by atoms with E-state index in [9.17, 15) is 4.79 Å². The van der Waals surface area contributed by atoms with Gasteiger partial charge >= 0.3 is 0 Å². The fraction of sp³-hybridized carbons (Fsp3) is 0.867. The van der Waals surface area contributed by atoms with E-state index in [1.807, 2.05) is 4.90 Å². The van der Waals surface area contributed by atoms with Gasteiger partial charge < -0.3 is 10.2 Å². The van der Waals surface area contributed by atoms with Crippen LogP contribution in [-0.2, 0) is 4.79 Å². The lowest BCUT2D eigenvalue weighted by atomic mass is 10.0. The Morgan fingerprint density at radius 2 is 2.15 bits per heavy atom. The topological polar surface area (TPSA) is 44.7 Å². The molecule has 1 atom stereocenters. The van der Waals surface area contributed by atoms with E-state index in [4.69, 9.17) is 0 Å². The van der Waals surface area contributed by atoms with Crippen molar-refractivity contribution in [2.45, 2.75) is 52.0 Å². The zero-order chi connectivity index (χ0) is 14.4. The first-order chi connectivity index (χ1) is 9.66. The lowest BCUT2D eigenvalue weighted by Gasteiger charge is -2.28. The van der Waals surface area contributed by atoms with Crippen LogP contribution in [0.3, 0.4) is 0 Å². The average molecular weight is 297 g/mol. The Morgan fingerprint density at radius 1 is 1.40 bits per heavy atom. The molecule has 0 aromatic heterocycles. The van der Waals surface area contributed by atoms with E-state index in [-0.39, 0.29) is 5.91 Å². The number of thioether (sulfide) groups is 1. The molecule has 1 N–H and O–H groups in total. The number of aliphatic imine (C=N–C) groups is 1. The van der Waals surface area contributed by atoms with Gasteiger partial charge in [0.2, 0.25) is 5.91 Å². The third kappa shape index (κ3) is 4.69. The molecule has 2 heterocycles. The van der Waals surface area contributed by atoms with E-state index in [2.05, 4.69) is 24.2 Å². The molecule has 20 heavy (non-hydrogen) atoms. The lowest BCUT2D eigenvalue weighted by Crippen LogP contribution is -2.41. The van der Waals surface area contributed by atoms with Gasteiger partial charge in [-0.1, -0.05) is 25.6 Å². The summed E-state index contributed by atoms with van der Waals surface area (Å²) in [5.41, 5.74) is 0. The second-order valence-electron chi connectivity index (χ2n) is 6.01. The van der Waals surface area contributed by atoms with Crippen molar-refractivity contribution in [2.75, 3.05) is 25.4 Å². The number of nitrogens with one attached hydrogen (secondary N) is 1. The molecule has 0 radical (unpaired) electrons. The Morgan fingerprint density at radius 3 is 2.85 bits per heavy atom. The molecule has 2 fully saturated rings.